The quantitative estimate of drug-likeness (QED) is 0.616. The molecule has 0 spiro atoms. The molecule has 0 radical (unpaired) electrons. The SMILES string of the molecule is Oc1cc2cc(Cl)ccc2n1O. The molecule has 0 atom stereocenters. The Labute approximate surface area is 73.4 Å². The van der Waals surface area contributed by atoms with Gasteiger partial charge in [0.15, 0.2) is 0 Å². The van der Waals surface area contributed by atoms with Gasteiger partial charge in [-0.25, -0.2) is 0 Å². The molecule has 12 heavy (non-hydrogen) atoms. The van der Waals surface area contributed by atoms with Crippen LogP contribution < -0.4 is 0 Å². The number of hydrogen-bond donors (Lipinski definition) is 2. The van der Waals surface area contributed by atoms with Crippen LogP contribution in [-0.4, -0.2) is 15.0 Å². The molecule has 0 saturated heterocycles. The smallest absolute Gasteiger partial charge is 0.225 e. The van der Waals surface area contributed by atoms with Crippen molar-refractivity contribution in [1.29, 1.82) is 0 Å². The number of rotatable bonds is 0. The van der Waals surface area contributed by atoms with Crippen LogP contribution in [-0.2, 0) is 0 Å². The van der Waals surface area contributed by atoms with Crippen molar-refractivity contribution in [2.45, 2.75) is 0 Å². The van der Waals surface area contributed by atoms with Crippen molar-refractivity contribution in [3.05, 3.63) is 29.3 Å². The van der Waals surface area contributed by atoms with Crippen LogP contribution in [0.2, 0.25) is 5.02 Å². The summed E-state index contributed by atoms with van der Waals surface area (Å²) >= 11 is 5.71. The van der Waals surface area contributed by atoms with E-state index in [-0.39, 0.29) is 5.88 Å². The molecule has 0 amide bonds. The molecule has 0 bridgehead atoms. The zero-order valence-electron chi connectivity index (χ0n) is 6.03. The first-order valence-corrected chi connectivity index (χ1v) is 3.75. The monoisotopic (exact) mass is 183 g/mol. The fraction of sp³-hybridized carbons (Fsp3) is 0. The molecule has 2 N–H and O–H groups in total. The van der Waals surface area contributed by atoms with Gasteiger partial charge in [-0.1, -0.05) is 11.6 Å². The third-order valence-electron chi connectivity index (χ3n) is 1.72. The van der Waals surface area contributed by atoms with Gasteiger partial charge in [0.05, 0.1) is 5.52 Å². The second-order valence-electron chi connectivity index (χ2n) is 2.52. The lowest BCUT2D eigenvalue weighted by molar-refractivity contribution is 0.167. The number of aromatic hydroxyl groups is 1. The maximum atomic E-state index is 9.21. The summed E-state index contributed by atoms with van der Waals surface area (Å²) in [5, 5.41) is 19.6. The molecule has 0 saturated carbocycles. The Morgan fingerprint density at radius 1 is 1.25 bits per heavy atom. The van der Waals surface area contributed by atoms with Gasteiger partial charge in [0, 0.05) is 16.5 Å². The first-order chi connectivity index (χ1) is 5.68. The van der Waals surface area contributed by atoms with E-state index < -0.39 is 0 Å². The molecule has 0 unspecified atom stereocenters. The fourth-order valence-corrected chi connectivity index (χ4v) is 1.34. The second kappa shape index (κ2) is 2.32. The zero-order chi connectivity index (χ0) is 8.72. The fourth-order valence-electron chi connectivity index (χ4n) is 1.16. The molecular weight excluding hydrogens is 178 g/mol. The van der Waals surface area contributed by atoms with Crippen LogP contribution >= 0.6 is 11.6 Å². The summed E-state index contributed by atoms with van der Waals surface area (Å²) in [6.45, 7) is 0. The Kier molecular flexibility index (Phi) is 1.41. The van der Waals surface area contributed by atoms with Crippen LogP contribution in [0.5, 0.6) is 5.88 Å². The zero-order valence-corrected chi connectivity index (χ0v) is 6.78. The number of benzene rings is 1. The molecule has 62 valence electrons. The third-order valence-corrected chi connectivity index (χ3v) is 1.95. The van der Waals surface area contributed by atoms with Crippen LogP contribution in [0.15, 0.2) is 24.3 Å². The van der Waals surface area contributed by atoms with E-state index in [1.54, 1.807) is 18.2 Å². The Bertz CT molecular complexity index is 436. The van der Waals surface area contributed by atoms with Crippen molar-refractivity contribution in [3.8, 4) is 5.88 Å². The van der Waals surface area contributed by atoms with E-state index in [0.29, 0.717) is 20.7 Å². The van der Waals surface area contributed by atoms with Gasteiger partial charge in [0.1, 0.15) is 0 Å². The van der Waals surface area contributed by atoms with Crippen molar-refractivity contribution in [1.82, 2.24) is 4.73 Å². The van der Waals surface area contributed by atoms with Crippen molar-refractivity contribution >= 4 is 22.5 Å². The molecule has 1 aromatic heterocycles. The average molecular weight is 184 g/mol. The predicted octanol–water partition coefficient (Wildman–Crippen LogP) is 2.24. The standard InChI is InChI=1S/C8H6ClNO2/c9-6-1-2-7-5(3-6)4-8(11)10(7)12/h1-4,11-12H. The number of fused-ring (bicyclic) bond motifs is 1. The van der Waals surface area contributed by atoms with E-state index in [1.807, 2.05) is 0 Å². The lowest BCUT2D eigenvalue weighted by Crippen LogP contribution is -1.86. The molecule has 3 nitrogen and oxygen atoms in total. The number of halogens is 1. The van der Waals surface area contributed by atoms with E-state index in [0.717, 1.165) is 0 Å². The van der Waals surface area contributed by atoms with Crippen molar-refractivity contribution < 1.29 is 10.3 Å². The molecule has 1 heterocycles. The van der Waals surface area contributed by atoms with Crippen molar-refractivity contribution in [3.63, 3.8) is 0 Å². The highest BCUT2D eigenvalue weighted by Gasteiger charge is 2.05. The Morgan fingerprint density at radius 2 is 2.00 bits per heavy atom. The summed E-state index contributed by atoms with van der Waals surface area (Å²) in [6, 6.07) is 6.40. The summed E-state index contributed by atoms with van der Waals surface area (Å²) in [6.07, 6.45) is 0. The third kappa shape index (κ3) is 0.905. The number of hydrogen-bond acceptors (Lipinski definition) is 2. The first kappa shape index (κ1) is 7.31. The largest absolute Gasteiger partial charge is 0.492 e. The topological polar surface area (TPSA) is 45.4 Å². The molecular formula is C8H6ClNO2. The molecule has 4 heteroatoms. The highest BCUT2D eigenvalue weighted by atomic mass is 35.5. The van der Waals surface area contributed by atoms with E-state index in [2.05, 4.69) is 0 Å². The van der Waals surface area contributed by atoms with Crippen molar-refractivity contribution in [2.75, 3.05) is 0 Å². The van der Waals surface area contributed by atoms with Gasteiger partial charge in [0.2, 0.25) is 5.88 Å². The van der Waals surface area contributed by atoms with Gasteiger partial charge < -0.3 is 10.3 Å². The highest BCUT2D eigenvalue weighted by molar-refractivity contribution is 6.31. The van der Waals surface area contributed by atoms with E-state index in [1.165, 1.54) is 6.07 Å². The molecule has 2 aromatic rings. The summed E-state index contributed by atoms with van der Waals surface area (Å²) in [5.74, 6) is -0.188. The Morgan fingerprint density at radius 3 is 2.75 bits per heavy atom. The van der Waals surface area contributed by atoms with E-state index in [4.69, 9.17) is 16.7 Å². The van der Waals surface area contributed by atoms with Gasteiger partial charge in [-0.2, -0.15) is 4.73 Å². The van der Waals surface area contributed by atoms with Crippen LogP contribution in [0.3, 0.4) is 0 Å². The van der Waals surface area contributed by atoms with Gasteiger partial charge in [-0.15, -0.1) is 0 Å². The summed E-state index contributed by atoms with van der Waals surface area (Å²) < 4.78 is 0.714. The Hall–Kier alpha value is -1.35. The number of nitrogens with zero attached hydrogens (tertiary/aromatic N) is 1. The minimum absolute atomic E-state index is 0.188. The number of aromatic nitrogens is 1. The summed E-state index contributed by atoms with van der Waals surface area (Å²) in [7, 11) is 0. The molecule has 0 aliphatic heterocycles. The summed E-state index contributed by atoms with van der Waals surface area (Å²) in [5.41, 5.74) is 0.539. The molecule has 0 aliphatic rings. The van der Waals surface area contributed by atoms with Gasteiger partial charge in [0.25, 0.3) is 0 Å². The first-order valence-electron chi connectivity index (χ1n) is 3.38. The molecule has 2 rings (SSSR count). The van der Waals surface area contributed by atoms with Crippen LogP contribution in [0.4, 0.5) is 0 Å². The molecule has 0 aliphatic carbocycles. The maximum absolute atomic E-state index is 9.21. The van der Waals surface area contributed by atoms with Gasteiger partial charge in [-0.3, -0.25) is 0 Å². The average Bonchev–Trinajstić information content (AvgIpc) is 2.28. The maximum Gasteiger partial charge on any atom is 0.225 e. The van der Waals surface area contributed by atoms with Crippen molar-refractivity contribution in [2.24, 2.45) is 0 Å². The Balaban J connectivity index is 2.87. The van der Waals surface area contributed by atoms with Gasteiger partial charge >= 0.3 is 0 Å². The highest BCUT2D eigenvalue weighted by Crippen LogP contribution is 2.25. The predicted molar refractivity (Wildman–Crippen MR) is 45.8 cm³/mol. The van der Waals surface area contributed by atoms with Crippen LogP contribution in [0.1, 0.15) is 0 Å². The van der Waals surface area contributed by atoms with E-state index in [9.17, 15) is 5.21 Å². The van der Waals surface area contributed by atoms with E-state index >= 15 is 0 Å². The minimum atomic E-state index is -0.188. The second-order valence-corrected chi connectivity index (χ2v) is 2.95. The van der Waals surface area contributed by atoms with Crippen LogP contribution in [0.25, 0.3) is 10.9 Å². The lowest BCUT2D eigenvalue weighted by Gasteiger charge is -1.94. The lowest BCUT2D eigenvalue weighted by atomic mass is 10.2. The van der Waals surface area contributed by atoms with Crippen LogP contribution in [0, 0.1) is 0 Å². The summed E-state index contributed by atoms with van der Waals surface area (Å²) in [4.78, 5) is 0. The molecule has 0 fully saturated rings. The minimum Gasteiger partial charge on any atom is -0.492 e. The normalized spacial score (nSPS) is 10.8. The van der Waals surface area contributed by atoms with Gasteiger partial charge in [-0.05, 0) is 18.2 Å². The molecule has 1 aromatic carbocycles.